The molecular formula is C13H22N2O2. The summed E-state index contributed by atoms with van der Waals surface area (Å²) in [4.78, 5) is 2.15. The Balaban J connectivity index is 2.62. The van der Waals surface area contributed by atoms with Crippen LogP contribution in [0.4, 0.5) is 0 Å². The molecule has 1 aromatic rings. The van der Waals surface area contributed by atoms with Gasteiger partial charge in [-0.2, -0.15) is 0 Å². The summed E-state index contributed by atoms with van der Waals surface area (Å²) in [7, 11) is 1.68. The van der Waals surface area contributed by atoms with E-state index in [9.17, 15) is 5.11 Å². The van der Waals surface area contributed by atoms with E-state index >= 15 is 0 Å². The maximum absolute atomic E-state index is 9.31. The van der Waals surface area contributed by atoms with Gasteiger partial charge in [-0.05, 0) is 5.56 Å². The van der Waals surface area contributed by atoms with E-state index in [-0.39, 0.29) is 12.6 Å². The van der Waals surface area contributed by atoms with Gasteiger partial charge >= 0.3 is 0 Å². The van der Waals surface area contributed by atoms with Crippen molar-refractivity contribution in [1.29, 1.82) is 0 Å². The van der Waals surface area contributed by atoms with Gasteiger partial charge < -0.3 is 15.6 Å². The highest BCUT2D eigenvalue weighted by atomic mass is 16.5. The fourth-order valence-electron chi connectivity index (χ4n) is 1.76. The van der Waals surface area contributed by atoms with Crippen molar-refractivity contribution in [3.8, 4) is 0 Å². The Morgan fingerprint density at radius 2 is 2.06 bits per heavy atom. The van der Waals surface area contributed by atoms with E-state index in [0.717, 1.165) is 13.1 Å². The molecule has 0 heterocycles. The molecule has 0 spiro atoms. The third-order valence-corrected chi connectivity index (χ3v) is 2.81. The number of methoxy groups -OCH3 is 1. The molecule has 0 bridgehead atoms. The minimum absolute atomic E-state index is 0.00893. The zero-order valence-electron chi connectivity index (χ0n) is 10.4. The lowest BCUT2D eigenvalue weighted by Crippen LogP contribution is -2.44. The summed E-state index contributed by atoms with van der Waals surface area (Å²) in [5.41, 5.74) is 6.89. The molecule has 4 heteroatoms. The zero-order valence-corrected chi connectivity index (χ0v) is 10.4. The standard InChI is InChI=1S/C13H22N2O2/c1-17-8-7-15(13(9-14)11-16)10-12-5-3-2-4-6-12/h2-6,13,16H,7-11,14H2,1H3. The van der Waals surface area contributed by atoms with Gasteiger partial charge in [0.05, 0.1) is 13.2 Å². The number of nitrogens with zero attached hydrogens (tertiary/aromatic N) is 1. The van der Waals surface area contributed by atoms with Gasteiger partial charge in [0, 0.05) is 32.8 Å². The van der Waals surface area contributed by atoms with Crippen LogP contribution in [-0.2, 0) is 11.3 Å². The summed E-state index contributed by atoms with van der Waals surface area (Å²) in [6, 6.07) is 10.2. The molecule has 0 radical (unpaired) electrons. The van der Waals surface area contributed by atoms with E-state index in [1.807, 2.05) is 18.2 Å². The minimum atomic E-state index is -0.00893. The van der Waals surface area contributed by atoms with Crippen molar-refractivity contribution in [2.45, 2.75) is 12.6 Å². The minimum Gasteiger partial charge on any atom is -0.395 e. The molecule has 96 valence electrons. The van der Waals surface area contributed by atoms with Gasteiger partial charge in [-0.1, -0.05) is 30.3 Å². The first-order valence-corrected chi connectivity index (χ1v) is 5.89. The molecule has 1 unspecified atom stereocenters. The molecule has 0 aliphatic rings. The fourth-order valence-corrected chi connectivity index (χ4v) is 1.76. The lowest BCUT2D eigenvalue weighted by molar-refractivity contribution is 0.0848. The van der Waals surface area contributed by atoms with Crippen molar-refractivity contribution in [1.82, 2.24) is 4.90 Å². The Hall–Kier alpha value is -0.940. The molecule has 0 aliphatic carbocycles. The van der Waals surface area contributed by atoms with Gasteiger partial charge in [0.25, 0.3) is 0 Å². The molecule has 0 saturated heterocycles. The van der Waals surface area contributed by atoms with E-state index in [0.29, 0.717) is 13.2 Å². The second-order valence-electron chi connectivity index (χ2n) is 4.02. The van der Waals surface area contributed by atoms with Crippen LogP contribution in [0.25, 0.3) is 0 Å². The first-order valence-electron chi connectivity index (χ1n) is 5.89. The average molecular weight is 238 g/mol. The van der Waals surface area contributed by atoms with Crippen molar-refractivity contribution >= 4 is 0 Å². The Labute approximate surface area is 103 Å². The lowest BCUT2D eigenvalue weighted by Gasteiger charge is -2.29. The molecule has 1 aromatic carbocycles. The van der Waals surface area contributed by atoms with Crippen LogP contribution in [0.1, 0.15) is 5.56 Å². The first kappa shape index (κ1) is 14.1. The first-order chi connectivity index (χ1) is 8.31. The highest BCUT2D eigenvalue weighted by molar-refractivity contribution is 5.14. The largest absolute Gasteiger partial charge is 0.395 e. The van der Waals surface area contributed by atoms with Crippen LogP contribution in [0.5, 0.6) is 0 Å². The zero-order chi connectivity index (χ0) is 12.5. The maximum atomic E-state index is 9.31. The summed E-state index contributed by atoms with van der Waals surface area (Å²) in [5.74, 6) is 0. The summed E-state index contributed by atoms with van der Waals surface area (Å²) >= 11 is 0. The predicted octanol–water partition coefficient (Wildman–Crippen LogP) is 0.455. The van der Waals surface area contributed by atoms with Crippen LogP contribution >= 0.6 is 0 Å². The van der Waals surface area contributed by atoms with E-state index in [4.69, 9.17) is 10.5 Å². The van der Waals surface area contributed by atoms with Crippen LogP contribution in [-0.4, -0.2) is 49.5 Å². The monoisotopic (exact) mass is 238 g/mol. The number of nitrogens with two attached hydrogens (primary N) is 1. The van der Waals surface area contributed by atoms with Gasteiger partial charge in [0.2, 0.25) is 0 Å². The lowest BCUT2D eigenvalue weighted by atomic mass is 10.1. The van der Waals surface area contributed by atoms with E-state index < -0.39 is 0 Å². The fraction of sp³-hybridized carbons (Fsp3) is 0.538. The van der Waals surface area contributed by atoms with E-state index in [1.54, 1.807) is 7.11 Å². The number of benzene rings is 1. The van der Waals surface area contributed by atoms with E-state index in [1.165, 1.54) is 5.56 Å². The van der Waals surface area contributed by atoms with Crippen molar-refractivity contribution < 1.29 is 9.84 Å². The highest BCUT2D eigenvalue weighted by Crippen LogP contribution is 2.07. The number of hydrogen-bond donors (Lipinski definition) is 2. The number of ether oxygens (including phenoxy) is 1. The predicted molar refractivity (Wildman–Crippen MR) is 68.7 cm³/mol. The SMILES string of the molecule is COCCN(Cc1ccccc1)C(CN)CO. The second-order valence-corrected chi connectivity index (χ2v) is 4.02. The molecule has 0 saturated carbocycles. The van der Waals surface area contributed by atoms with Crippen LogP contribution in [0.3, 0.4) is 0 Å². The normalized spacial score (nSPS) is 12.9. The van der Waals surface area contributed by atoms with Gasteiger partial charge in [0.15, 0.2) is 0 Å². The number of aliphatic hydroxyl groups excluding tert-OH is 1. The molecule has 17 heavy (non-hydrogen) atoms. The quantitative estimate of drug-likeness (QED) is 0.690. The highest BCUT2D eigenvalue weighted by Gasteiger charge is 2.16. The molecule has 0 fully saturated rings. The molecule has 0 aromatic heterocycles. The summed E-state index contributed by atoms with van der Waals surface area (Å²) < 4.78 is 5.09. The average Bonchev–Trinajstić information content (AvgIpc) is 2.38. The van der Waals surface area contributed by atoms with Crippen LogP contribution in [0, 0.1) is 0 Å². The summed E-state index contributed by atoms with van der Waals surface area (Å²) in [6.07, 6.45) is 0. The van der Waals surface area contributed by atoms with Crippen LogP contribution in [0.15, 0.2) is 30.3 Å². The summed E-state index contributed by atoms with van der Waals surface area (Å²) in [5, 5.41) is 9.31. The van der Waals surface area contributed by atoms with Gasteiger partial charge in [-0.3, -0.25) is 4.90 Å². The number of hydrogen-bond acceptors (Lipinski definition) is 4. The van der Waals surface area contributed by atoms with E-state index in [2.05, 4.69) is 17.0 Å². The molecule has 0 aliphatic heterocycles. The molecule has 1 atom stereocenters. The Bertz CT molecular complexity index is 289. The Morgan fingerprint density at radius 3 is 2.59 bits per heavy atom. The molecular weight excluding hydrogens is 216 g/mol. The second kappa shape index (κ2) is 8.20. The van der Waals surface area contributed by atoms with Gasteiger partial charge in [-0.25, -0.2) is 0 Å². The molecule has 4 nitrogen and oxygen atoms in total. The van der Waals surface area contributed by atoms with Crippen LogP contribution < -0.4 is 5.73 Å². The Morgan fingerprint density at radius 1 is 1.35 bits per heavy atom. The van der Waals surface area contributed by atoms with Crippen molar-refractivity contribution in [3.05, 3.63) is 35.9 Å². The van der Waals surface area contributed by atoms with Gasteiger partial charge in [-0.15, -0.1) is 0 Å². The smallest absolute Gasteiger partial charge is 0.0599 e. The van der Waals surface area contributed by atoms with Crippen molar-refractivity contribution in [2.24, 2.45) is 5.73 Å². The van der Waals surface area contributed by atoms with Crippen LogP contribution in [0.2, 0.25) is 0 Å². The molecule has 3 N–H and O–H groups in total. The van der Waals surface area contributed by atoms with Gasteiger partial charge in [0.1, 0.15) is 0 Å². The van der Waals surface area contributed by atoms with Crippen molar-refractivity contribution in [2.75, 3.05) is 33.4 Å². The third kappa shape index (κ3) is 4.83. The maximum Gasteiger partial charge on any atom is 0.0599 e. The summed E-state index contributed by atoms with van der Waals surface area (Å²) in [6.45, 7) is 2.73. The molecule has 1 rings (SSSR count). The molecule has 0 amide bonds. The number of aliphatic hydroxyl groups is 1. The third-order valence-electron chi connectivity index (χ3n) is 2.81. The van der Waals surface area contributed by atoms with Crippen molar-refractivity contribution in [3.63, 3.8) is 0 Å². The topological polar surface area (TPSA) is 58.7 Å². The number of rotatable bonds is 8. The Kier molecular flexibility index (Phi) is 6.81.